The first-order valence-corrected chi connectivity index (χ1v) is 5.51. The molecule has 0 aromatic heterocycles. The van der Waals surface area contributed by atoms with Gasteiger partial charge in [0, 0.05) is 6.07 Å². The number of ether oxygens (including phenoxy) is 1. The molecule has 1 rings (SSSR count). The Bertz CT molecular complexity index is 591. The van der Waals surface area contributed by atoms with Crippen molar-refractivity contribution in [1.82, 2.24) is 5.32 Å². The first-order valence-electron chi connectivity index (χ1n) is 5.51. The maximum atomic E-state index is 13.5. The monoisotopic (exact) mass is 305 g/mol. The van der Waals surface area contributed by atoms with Crippen LogP contribution in [0.25, 0.3) is 0 Å². The van der Waals surface area contributed by atoms with Gasteiger partial charge in [-0.1, -0.05) is 0 Å². The van der Waals surface area contributed by atoms with E-state index in [2.05, 4.69) is 4.74 Å². The van der Waals surface area contributed by atoms with Crippen LogP contribution >= 0.6 is 0 Å². The number of Topliss-reactive ketones (excluding diaryl/α,β-unsaturated/α-hetero) is 1. The highest BCUT2D eigenvalue weighted by Crippen LogP contribution is 2.16. The molecule has 1 aromatic carbocycles. The Hall–Kier alpha value is -2.58. The molecule has 0 aliphatic heterocycles. The largest absolute Gasteiger partial charge is 0.481 e. The number of benzene rings is 1. The van der Waals surface area contributed by atoms with Gasteiger partial charge in [-0.3, -0.25) is 9.59 Å². The fourth-order valence-electron chi connectivity index (χ4n) is 1.48. The molecular formula is C12H10F3NO5. The van der Waals surface area contributed by atoms with E-state index in [1.165, 1.54) is 0 Å². The highest BCUT2D eigenvalue weighted by atomic mass is 19.2. The smallest absolute Gasteiger partial charge is 0.407 e. The maximum absolute atomic E-state index is 13.5. The van der Waals surface area contributed by atoms with Crippen LogP contribution in [-0.4, -0.2) is 36.1 Å². The fraction of sp³-hybridized carbons (Fsp3) is 0.250. The number of alkyl carbamates (subject to hydrolysis) is 1. The number of methoxy groups -OCH3 is 1. The summed E-state index contributed by atoms with van der Waals surface area (Å²) in [5.41, 5.74) is -0.878. The van der Waals surface area contributed by atoms with E-state index in [0.29, 0.717) is 6.07 Å². The molecule has 0 saturated carbocycles. The highest BCUT2D eigenvalue weighted by molar-refractivity contribution is 6.03. The summed E-state index contributed by atoms with van der Waals surface area (Å²) in [6, 6.07) is -1.24. The van der Waals surface area contributed by atoms with E-state index in [1.807, 2.05) is 5.32 Å². The lowest BCUT2D eigenvalue weighted by Crippen LogP contribution is -2.42. The molecule has 1 atom stereocenters. The zero-order valence-corrected chi connectivity index (χ0v) is 10.7. The maximum Gasteiger partial charge on any atom is 0.407 e. The summed E-state index contributed by atoms with van der Waals surface area (Å²) in [5.74, 6) is -7.04. The van der Waals surface area contributed by atoms with E-state index in [4.69, 9.17) is 5.11 Å². The molecule has 114 valence electrons. The average Bonchev–Trinajstić information content (AvgIpc) is 2.40. The fourth-order valence-corrected chi connectivity index (χ4v) is 1.48. The minimum Gasteiger partial charge on any atom is -0.481 e. The molecule has 0 aliphatic carbocycles. The summed E-state index contributed by atoms with van der Waals surface area (Å²) in [6.45, 7) is 0. The number of amides is 1. The third-order valence-electron chi connectivity index (χ3n) is 2.45. The van der Waals surface area contributed by atoms with Crippen molar-refractivity contribution >= 4 is 17.8 Å². The number of carbonyl (C=O) groups is 3. The molecule has 21 heavy (non-hydrogen) atoms. The number of aliphatic carboxylic acids is 1. The number of rotatable bonds is 5. The molecule has 1 amide bonds. The van der Waals surface area contributed by atoms with Gasteiger partial charge in [-0.05, 0) is 6.07 Å². The van der Waals surface area contributed by atoms with E-state index in [0.717, 1.165) is 7.11 Å². The first kappa shape index (κ1) is 16.5. The molecule has 2 N–H and O–H groups in total. The third kappa shape index (κ3) is 4.20. The van der Waals surface area contributed by atoms with Crippen molar-refractivity contribution in [2.75, 3.05) is 7.11 Å². The van der Waals surface area contributed by atoms with E-state index in [9.17, 15) is 27.6 Å². The zero-order chi connectivity index (χ0) is 16.2. The lowest BCUT2D eigenvalue weighted by Gasteiger charge is -2.15. The Morgan fingerprint density at radius 1 is 1.19 bits per heavy atom. The van der Waals surface area contributed by atoms with Crippen LogP contribution in [0.4, 0.5) is 18.0 Å². The second-order valence-electron chi connectivity index (χ2n) is 3.90. The summed E-state index contributed by atoms with van der Waals surface area (Å²) >= 11 is 0. The van der Waals surface area contributed by atoms with Gasteiger partial charge in [0.25, 0.3) is 0 Å². The molecule has 9 heteroatoms. The van der Waals surface area contributed by atoms with Crippen LogP contribution in [0.15, 0.2) is 12.1 Å². The molecule has 0 heterocycles. The molecule has 0 unspecified atom stereocenters. The van der Waals surface area contributed by atoms with Gasteiger partial charge in [-0.25, -0.2) is 18.0 Å². The van der Waals surface area contributed by atoms with Crippen molar-refractivity contribution in [2.45, 2.75) is 12.5 Å². The van der Waals surface area contributed by atoms with Gasteiger partial charge in [-0.2, -0.15) is 0 Å². The van der Waals surface area contributed by atoms with Crippen LogP contribution < -0.4 is 5.32 Å². The van der Waals surface area contributed by atoms with Gasteiger partial charge in [-0.15, -0.1) is 0 Å². The quantitative estimate of drug-likeness (QED) is 0.635. The van der Waals surface area contributed by atoms with Crippen molar-refractivity contribution in [3.8, 4) is 0 Å². The number of carboxylic acid groups (broad SMARTS) is 1. The molecule has 0 aliphatic rings. The van der Waals surface area contributed by atoms with Crippen molar-refractivity contribution in [3.63, 3.8) is 0 Å². The molecule has 0 bridgehead atoms. The van der Waals surface area contributed by atoms with E-state index < -0.39 is 53.3 Å². The molecule has 0 saturated heterocycles. The molecule has 6 nitrogen and oxygen atoms in total. The molecule has 1 aromatic rings. The molecular weight excluding hydrogens is 295 g/mol. The van der Waals surface area contributed by atoms with Crippen LogP contribution in [0.5, 0.6) is 0 Å². The number of hydrogen-bond acceptors (Lipinski definition) is 4. The average molecular weight is 305 g/mol. The van der Waals surface area contributed by atoms with Gasteiger partial charge >= 0.3 is 12.1 Å². The van der Waals surface area contributed by atoms with Gasteiger partial charge in [0.15, 0.2) is 17.4 Å². The minimum atomic E-state index is -1.69. The normalized spacial score (nSPS) is 11.6. The number of carbonyl (C=O) groups excluding carboxylic acids is 2. The molecule has 0 spiro atoms. The van der Waals surface area contributed by atoms with Crippen molar-refractivity contribution in [2.24, 2.45) is 0 Å². The third-order valence-corrected chi connectivity index (χ3v) is 2.45. The van der Waals surface area contributed by atoms with Gasteiger partial charge in [0.2, 0.25) is 0 Å². The second kappa shape index (κ2) is 6.73. The predicted molar refractivity (Wildman–Crippen MR) is 62.2 cm³/mol. The van der Waals surface area contributed by atoms with E-state index >= 15 is 0 Å². The van der Waals surface area contributed by atoms with Crippen molar-refractivity contribution in [1.29, 1.82) is 0 Å². The van der Waals surface area contributed by atoms with Crippen LogP contribution in [0.2, 0.25) is 0 Å². The minimum absolute atomic E-state index is 0.151. The van der Waals surface area contributed by atoms with Crippen LogP contribution in [0, 0.1) is 17.5 Å². The number of nitrogens with one attached hydrogen (secondary N) is 1. The van der Waals surface area contributed by atoms with Crippen LogP contribution in [0.3, 0.4) is 0 Å². The van der Waals surface area contributed by atoms with E-state index in [1.54, 1.807) is 0 Å². The predicted octanol–water partition coefficient (Wildman–Crippen LogP) is 1.49. The standard InChI is InChI=1S/C12H10F3NO5/c1-21-12(20)16-9(4-10(17)18)11(19)5-2-7(14)8(15)3-6(5)13/h2-3,9H,4H2,1H3,(H,16,20)(H,17,18)/t9-/m0/s1. The Morgan fingerprint density at radius 2 is 1.76 bits per heavy atom. The van der Waals surface area contributed by atoms with Crippen molar-refractivity contribution in [3.05, 3.63) is 35.1 Å². The summed E-state index contributed by atoms with van der Waals surface area (Å²) in [7, 11) is 0.968. The van der Waals surface area contributed by atoms with Crippen molar-refractivity contribution < 1.29 is 37.4 Å². The Labute approximate surface area is 116 Å². The zero-order valence-electron chi connectivity index (χ0n) is 10.7. The molecule has 0 fully saturated rings. The lowest BCUT2D eigenvalue weighted by molar-refractivity contribution is -0.137. The molecule has 0 radical (unpaired) electrons. The first-order chi connectivity index (χ1) is 9.76. The second-order valence-corrected chi connectivity index (χ2v) is 3.90. The van der Waals surface area contributed by atoms with Gasteiger partial charge < -0.3 is 15.2 Å². The Kier molecular flexibility index (Phi) is 5.28. The SMILES string of the molecule is COC(=O)N[C@@H](CC(=O)O)C(=O)c1cc(F)c(F)cc1F. The Morgan fingerprint density at radius 3 is 2.29 bits per heavy atom. The number of hydrogen-bond donors (Lipinski definition) is 2. The summed E-state index contributed by atoms with van der Waals surface area (Å²) < 4.78 is 43.5. The van der Waals surface area contributed by atoms with Gasteiger partial charge in [0.05, 0.1) is 19.1 Å². The Balaban J connectivity index is 3.12. The lowest BCUT2D eigenvalue weighted by atomic mass is 10.0. The van der Waals surface area contributed by atoms with Gasteiger partial charge in [0.1, 0.15) is 11.9 Å². The summed E-state index contributed by atoms with van der Waals surface area (Å²) in [6.07, 6.45) is -2.01. The van der Waals surface area contributed by atoms with E-state index in [-0.39, 0.29) is 6.07 Å². The number of halogens is 3. The van der Waals surface area contributed by atoms with Crippen LogP contribution in [-0.2, 0) is 9.53 Å². The van der Waals surface area contributed by atoms with Crippen LogP contribution in [0.1, 0.15) is 16.8 Å². The topological polar surface area (TPSA) is 92.7 Å². The summed E-state index contributed by atoms with van der Waals surface area (Å²) in [4.78, 5) is 33.6. The summed E-state index contributed by atoms with van der Waals surface area (Å²) in [5, 5.41) is 10.5. The number of carboxylic acids is 1. The number of ketones is 1. The highest BCUT2D eigenvalue weighted by Gasteiger charge is 2.28.